The number of thiophene rings is 1. The van der Waals surface area contributed by atoms with Gasteiger partial charge in [0.15, 0.2) is 17.3 Å². The van der Waals surface area contributed by atoms with Crippen LogP contribution in [0.2, 0.25) is 0 Å². The van der Waals surface area contributed by atoms with Crippen molar-refractivity contribution in [1.29, 1.82) is 0 Å². The lowest BCUT2D eigenvalue weighted by Gasteiger charge is -2.33. The fourth-order valence-corrected chi connectivity index (χ4v) is 6.97. The summed E-state index contributed by atoms with van der Waals surface area (Å²) in [4.78, 5) is 28.6. The minimum Gasteiger partial charge on any atom is -0.492 e. The van der Waals surface area contributed by atoms with E-state index in [0.717, 1.165) is 37.6 Å². The van der Waals surface area contributed by atoms with Crippen LogP contribution in [0.25, 0.3) is 11.1 Å². The number of hydrogen-bond acceptors (Lipinski definition) is 5. The van der Waals surface area contributed by atoms with E-state index in [1.165, 1.54) is 19.8 Å². The first kappa shape index (κ1) is 32.6. The second kappa shape index (κ2) is 11.1. The largest absolute Gasteiger partial charge is 0.492 e. The van der Waals surface area contributed by atoms with Crippen molar-refractivity contribution in [2.24, 2.45) is 21.7 Å². The van der Waals surface area contributed by atoms with Crippen LogP contribution in [0.4, 0.5) is 0 Å². The molecule has 0 saturated carbocycles. The standard InChI is InChI=1S/C36H48O4S/c1-33(2,3)23-17-21(18-24(31(23)37)34(4,5)6)29(35(7,8)9)27-15-16-28(41-27)30(36(10,11)12)22-19-25(39-13)32(38)26(20-22)40-14/h15-20H,1-14H3. The van der Waals surface area contributed by atoms with Crippen molar-refractivity contribution in [3.05, 3.63) is 80.0 Å². The summed E-state index contributed by atoms with van der Waals surface area (Å²) < 4.78 is 10.9. The number of carbonyl (C=O) groups is 2. The maximum absolute atomic E-state index is 13.7. The van der Waals surface area contributed by atoms with Crippen LogP contribution < -0.4 is 0 Å². The molecule has 2 aliphatic carbocycles. The third-order valence-corrected chi connectivity index (χ3v) is 8.46. The molecule has 0 fully saturated rings. The lowest BCUT2D eigenvalue weighted by atomic mass is 9.70. The van der Waals surface area contributed by atoms with Gasteiger partial charge in [0, 0.05) is 20.9 Å². The third kappa shape index (κ3) is 6.77. The quantitative estimate of drug-likeness (QED) is 0.358. The highest BCUT2D eigenvalue weighted by Gasteiger charge is 2.36. The molecule has 1 heterocycles. The van der Waals surface area contributed by atoms with Gasteiger partial charge in [-0.2, -0.15) is 0 Å². The van der Waals surface area contributed by atoms with Gasteiger partial charge in [0.25, 0.3) is 5.78 Å². The summed E-state index contributed by atoms with van der Waals surface area (Å²) in [5, 5.41) is 0. The van der Waals surface area contributed by atoms with Crippen molar-refractivity contribution in [3.8, 4) is 0 Å². The van der Waals surface area contributed by atoms with Crippen molar-refractivity contribution in [1.82, 2.24) is 0 Å². The van der Waals surface area contributed by atoms with Gasteiger partial charge < -0.3 is 9.47 Å². The molecule has 0 aromatic carbocycles. The summed E-state index contributed by atoms with van der Waals surface area (Å²) in [6, 6.07) is 4.37. The molecule has 0 aliphatic heterocycles. The van der Waals surface area contributed by atoms with Crippen molar-refractivity contribution in [2.75, 3.05) is 14.2 Å². The maximum atomic E-state index is 13.7. The zero-order valence-corrected chi connectivity index (χ0v) is 28.3. The molecule has 1 aromatic heterocycles. The second-order valence-corrected chi connectivity index (χ2v) is 16.1. The number of carbonyl (C=O) groups excluding carboxylic acids is 2. The Balaban J connectivity index is 2.37. The van der Waals surface area contributed by atoms with E-state index in [0.29, 0.717) is 0 Å². The SMILES string of the molecule is COC1=CC(=C(c2ccc(C(=C3C=C(C(C)(C)C)C(=O)C(C(C)(C)C)=C3)C(C)(C)C)s2)C(C)(C)C)C=C(OC)C1=O. The van der Waals surface area contributed by atoms with Crippen LogP contribution in [0.1, 0.15) is 92.8 Å². The highest BCUT2D eigenvalue weighted by atomic mass is 32.1. The maximum Gasteiger partial charge on any atom is 0.261 e. The van der Waals surface area contributed by atoms with E-state index < -0.39 is 0 Å². The Bertz CT molecular complexity index is 1370. The molecule has 0 bridgehead atoms. The van der Waals surface area contributed by atoms with E-state index in [4.69, 9.17) is 9.47 Å². The average molecular weight is 577 g/mol. The Labute approximate surface area is 251 Å². The van der Waals surface area contributed by atoms with Gasteiger partial charge in [0.05, 0.1) is 14.2 Å². The molecular formula is C36H48O4S. The average Bonchev–Trinajstić information content (AvgIpc) is 3.25. The Morgan fingerprint density at radius 1 is 0.561 bits per heavy atom. The lowest BCUT2D eigenvalue weighted by Crippen LogP contribution is -2.28. The molecule has 3 rings (SSSR count). The smallest absolute Gasteiger partial charge is 0.261 e. The molecule has 0 unspecified atom stereocenters. The molecule has 1 aromatic rings. The van der Waals surface area contributed by atoms with Gasteiger partial charge in [-0.3, -0.25) is 9.59 Å². The molecule has 0 N–H and O–H groups in total. The molecule has 0 saturated heterocycles. The predicted molar refractivity (Wildman–Crippen MR) is 172 cm³/mol. The van der Waals surface area contributed by atoms with E-state index >= 15 is 0 Å². The molecule has 41 heavy (non-hydrogen) atoms. The van der Waals surface area contributed by atoms with Crippen LogP contribution in [0.15, 0.2) is 70.2 Å². The molecule has 5 heteroatoms. The Morgan fingerprint density at radius 3 is 1.20 bits per heavy atom. The molecule has 0 amide bonds. The molecule has 2 aliphatic rings. The van der Waals surface area contributed by atoms with Crippen LogP contribution in [-0.4, -0.2) is 25.8 Å². The molecular weight excluding hydrogens is 528 g/mol. The fourth-order valence-electron chi connectivity index (χ4n) is 5.41. The minimum absolute atomic E-state index is 0.141. The first-order valence-corrected chi connectivity index (χ1v) is 15.1. The van der Waals surface area contributed by atoms with E-state index in [9.17, 15) is 9.59 Å². The van der Waals surface area contributed by atoms with Gasteiger partial charge in [-0.25, -0.2) is 0 Å². The number of allylic oxidation sites excluding steroid dienone is 10. The number of ether oxygens (including phenoxy) is 2. The molecule has 222 valence electrons. The van der Waals surface area contributed by atoms with Crippen molar-refractivity contribution in [2.45, 2.75) is 83.1 Å². The topological polar surface area (TPSA) is 52.6 Å². The number of ketones is 2. The van der Waals surface area contributed by atoms with E-state index in [-0.39, 0.29) is 44.7 Å². The summed E-state index contributed by atoms with van der Waals surface area (Å²) in [6.07, 6.45) is 7.87. The van der Waals surface area contributed by atoms with Gasteiger partial charge in [0.2, 0.25) is 0 Å². The Morgan fingerprint density at radius 2 is 0.902 bits per heavy atom. The summed E-state index contributed by atoms with van der Waals surface area (Å²) in [5.74, 6) is 0.416. The summed E-state index contributed by atoms with van der Waals surface area (Å²) in [5.41, 5.74) is 5.03. The minimum atomic E-state index is -0.282. The number of Topliss-reactive ketones (excluding diaryl/α,β-unsaturated/α-hetero) is 2. The van der Waals surface area contributed by atoms with E-state index in [1.54, 1.807) is 11.3 Å². The third-order valence-electron chi connectivity index (χ3n) is 7.34. The Kier molecular flexibility index (Phi) is 8.79. The van der Waals surface area contributed by atoms with E-state index in [1.807, 2.05) is 12.2 Å². The van der Waals surface area contributed by atoms with E-state index in [2.05, 4.69) is 107 Å². The molecule has 0 radical (unpaired) electrons. The van der Waals surface area contributed by atoms with Crippen LogP contribution in [0, 0.1) is 21.7 Å². The lowest BCUT2D eigenvalue weighted by molar-refractivity contribution is -0.118. The highest BCUT2D eigenvalue weighted by Crippen LogP contribution is 2.48. The predicted octanol–water partition coefficient (Wildman–Crippen LogP) is 9.52. The van der Waals surface area contributed by atoms with Crippen LogP contribution >= 0.6 is 11.3 Å². The zero-order chi connectivity index (χ0) is 31.3. The number of rotatable bonds is 4. The number of methoxy groups -OCH3 is 2. The van der Waals surface area contributed by atoms with Crippen molar-refractivity contribution < 1.29 is 19.1 Å². The van der Waals surface area contributed by atoms with Crippen molar-refractivity contribution in [3.63, 3.8) is 0 Å². The monoisotopic (exact) mass is 576 g/mol. The highest BCUT2D eigenvalue weighted by molar-refractivity contribution is 7.14. The van der Waals surface area contributed by atoms with Crippen LogP contribution in [-0.2, 0) is 19.1 Å². The van der Waals surface area contributed by atoms with Crippen molar-refractivity contribution >= 4 is 34.0 Å². The summed E-state index contributed by atoms with van der Waals surface area (Å²) in [7, 11) is 3.02. The van der Waals surface area contributed by atoms with Crippen LogP contribution in [0.5, 0.6) is 0 Å². The van der Waals surface area contributed by atoms with Gasteiger partial charge in [-0.05, 0) is 80.4 Å². The summed E-state index contributed by atoms with van der Waals surface area (Å²) >= 11 is 1.74. The molecule has 0 atom stereocenters. The van der Waals surface area contributed by atoms with Crippen LogP contribution in [0.3, 0.4) is 0 Å². The van der Waals surface area contributed by atoms with Gasteiger partial charge in [0.1, 0.15) is 0 Å². The normalized spacial score (nSPS) is 17.1. The fraction of sp³-hybridized carbons (Fsp3) is 0.500. The van der Waals surface area contributed by atoms with Gasteiger partial charge in [-0.1, -0.05) is 83.1 Å². The zero-order valence-electron chi connectivity index (χ0n) is 27.5. The molecule has 4 nitrogen and oxygen atoms in total. The summed E-state index contributed by atoms with van der Waals surface area (Å²) in [6.45, 7) is 25.9. The molecule has 0 spiro atoms. The second-order valence-electron chi connectivity index (χ2n) is 15.0. The van der Waals surface area contributed by atoms with Gasteiger partial charge in [-0.15, -0.1) is 11.3 Å². The first-order valence-electron chi connectivity index (χ1n) is 14.3. The number of hydrogen-bond donors (Lipinski definition) is 0. The Hall–Kier alpha value is -2.92. The first-order chi connectivity index (χ1) is 18.6. The van der Waals surface area contributed by atoms with Gasteiger partial charge >= 0.3 is 0 Å².